The van der Waals surface area contributed by atoms with Crippen LogP contribution in [0.2, 0.25) is 0 Å². The number of aliphatic hydroxyl groups excluding tert-OH is 1. The minimum absolute atomic E-state index is 0.00324. The van der Waals surface area contributed by atoms with Gasteiger partial charge < -0.3 is 15.4 Å². The highest BCUT2D eigenvalue weighted by molar-refractivity contribution is 5.75. The van der Waals surface area contributed by atoms with Crippen LogP contribution in [0.5, 0.6) is 0 Å². The van der Waals surface area contributed by atoms with E-state index in [4.69, 9.17) is 5.11 Å². The molecule has 15 heavy (non-hydrogen) atoms. The van der Waals surface area contributed by atoms with E-state index in [9.17, 15) is 4.79 Å². The molecule has 0 aliphatic carbocycles. The van der Waals surface area contributed by atoms with E-state index in [1.54, 1.807) is 12.4 Å². The first-order chi connectivity index (χ1) is 7.33. The van der Waals surface area contributed by atoms with Crippen LogP contribution in [-0.2, 0) is 11.2 Å². The Morgan fingerprint density at radius 3 is 3.07 bits per heavy atom. The summed E-state index contributed by atoms with van der Waals surface area (Å²) in [5.74, 6) is 0.947. The van der Waals surface area contributed by atoms with Crippen LogP contribution < -0.4 is 5.32 Å². The number of nitrogens with zero attached hydrogens (tertiary/aromatic N) is 1. The van der Waals surface area contributed by atoms with E-state index in [1.807, 2.05) is 0 Å². The van der Waals surface area contributed by atoms with Gasteiger partial charge in [0.25, 0.3) is 0 Å². The summed E-state index contributed by atoms with van der Waals surface area (Å²) < 4.78 is 0. The zero-order valence-corrected chi connectivity index (χ0v) is 8.70. The van der Waals surface area contributed by atoms with Gasteiger partial charge in [0.15, 0.2) is 0 Å². The molecule has 1 amide bonds. The second kappa shape index (κ2) is 7.00. The Kier molecular flexibility index (Phi) is 5.47. The second-order valence-electron chi connectivity index (χ2n) is 3.32. The molecule has 0 atom stereocenters. The molecule has 3 N–H and O–H groups in total. The fourth-order valence-electron chi connectivity index (χ4n) is 1.25. The fraction of sp³-hybridized carbons (Fsp3) is 0.600. The van der Waals surface area contributed by atoms with Crippen LogP contribution in [0.1, 0.15) is 25.1 Å². The van der Waals surface area contributed by atoms with Crippen LogP contribution >= 0.6 is 0 Å². The van der Waals surface area contributed by atoms with Gasteiger partial charge in [0.2, 0.25) is 5.91 Å². The van der Waals surface area contributed by atoms with Crippen LogP contribution in [-0.4, -0.2) is 34.1 Å². The van der Waals surface area contributed by atoms with Crippen molar-refractivity contribution in [1.82, 2.24) is 15.3 Å². The minimum atomic E-state index is 0.00324. The highest BCUT2D eigenvalue weighted by Crippen LogP contribution is 1.94. The highest BCUT2D eigenvalue weighted by Gasteiger charge is 2.00. The number of H-pyrrole nitrogens is 1. The molecule has 0 bridgehead atoms. The SMILES string of the molecule is O=C(CCCO)NCCCc1ncc[nH]1. The zero-order valence-electron chi connectivity index (χ0n) is 8.70. The first-order valence-corrected chi connectivity index (χ1v) is 5.18. The molecule has 0 fully saturated rings. The summed E-state index contributed by atoms with van der Waals surface area (Å²) in [6.07, 6.45) is 6.15. The number of carbonyl (C=O) groups excluding carboxylic acids is 1. The van der Waals surface area contributed by atoms with Gasteiger partial charge in [-0.3, -0.25) is 4.79 Å². The van der Waals surface area contributed by atoms with Crippen molar-refractivity contribution in [1.29, 1.82) is 0 Å². The van der Waals surface area contributed by atoms with E-state index in [1.165, 1.54) is 0 Å². The van der Waals surface area contributed by atoms with Crippen molar-refractivity contribution in [3.8, 4) is 0 Å². The summed E-state index contributed by atoms with van der Waals surface area (Å²) in [5.41, 5.74) is 0. The van der Waals surface area contributed by atoms with Gasteiger partial charge in [0, 0.05) is 38.4 Å². The van der Waals surface area contributed by atoms with Crippen molar-refractivity contribution < 1.29 is 9.90 Å². The number of aromatic nitrogens is 2. The number of carbonyl (C=O) groups is 1. The van der Waals surface area contributed by atoms with E-state index < -0.39 is 0 Å². The van der Waals surface area contributed by atoms with Crippen molar-refractivity contribution in [2.24, 2.45) is 0 Å². The van der Waals surface area contributed by atoms with E-state index in [0.717, 1.165) is 18.7 Å². The number of nitrogens with one attached hydrogen (secondary N) is 2. The lowest BCUT2D eigenvalue weighted by Gasteiger charge is -2.03. The Labute approximate surface area is 88.9 Å². The number of hydrogen-bond acceptors (Lipinski definition) is 3. The van der Waals surface area contributed by atoms with Gasteiger partial charge >= 0.3 is 0 Å². The molecule has 0 saturated carbocycles. The Bertz CT molecular complexity index is 272. The summed E-state index contributed by atoms with van der Waals surface area (Å²) in [5, 5.41) is 11.3. The Morgan fingerprint density at radius 1 is 1.53 bits per heavy atom. The quantitative estimate of drug-likeness (QED) is 0.565. The van der Waals surface area contributed by atoms with Gasteiger partial charge in [-0.25, -0.2) is 4.98 Å². The molecule has 0 saturated heterocycles. The van der Waals surface area contributed by atoms with Gasteiger partial charge in [0.05, 0.1) is 0 Å². The van der Waals surface area contributed by atoms with Crippen LogP contribution in [0.15, 0.2) is 12.4 Å². The summed E-state index contributed by atoms with van der Waals surface area (Å²) in [4.78, 5) is 18.2. The smallest absolute Gasteiger partial charge is 0.220 e. The highest BCUT2D eigenvalue weighted by atomic mass is 16.3. The third-order valence-electron chi connectivity index (χ3n) is 2.03. The second-order valence-corrected chi connectivity index (χ2v) is 3.32. The summed E-state index contributed by atoms with van der Waals surface area (Å²) >= 11 is 0. The predicted molar refractivity (Wildman–Crippen MR) is 56.2 cm³/mol. The van der Waals surface area contributed by atoms with Gasteiger partial charge in [0.1, 0.15) is 5.82 Å². The summed E-state index contributed by atoms with van der Waals surface area (Å²) in [6.45, 7) is 0.727. The predicted octanol–water partition coefficient (Wildman–Crippen LogP) is 0.231. The van der Waals surface area contributed by atoms with Crippen molar-refractivity contribution in [3.05, 3.63) is 18.2 Å². The average Bonchev–Trinajstić information content (AvgIpc) is 2.74. The maximum absolute atomic E-state index is 11.1. The van der Waals surface area contributed by atoms with Gasteiger partial charge in [-0.15, -0.1) is 0 Å². The maximum atomic E-state index is 11.1. The first kappa shape index (κ1) is 11.7. The molecule has 0 radical (unpaired) electrons. The van der Waals surface area contributed by atoms with Crippen molar-refractivity contribution in [2.45, 2.75) is 25.7 Å². The van der Waals surface area contributed by atoms with Gasteiger partial charge in [-0.1, -0.05) is 0 Å². The maximum Gasteiger partial charge on any atom is 0.220 e. The van der Waals surface area contributed by atoms with E-state index in [-0.39, 0.29) is 12.5 Å². The zero-order chi connectivity index (χ0) is 10.9. The molecular weight excluding hydrogens is 194 g/mol. The Hall–Kier alpha value is -1.36. The molecule has 0 unspecified atom stereocenters. The summed E-state index contributed by atoms with van der Waals surface area (Å²) in [6, 6.07) is 0. The number of rotatable bonds is 7. The monoisotopic (exact) mass is 211 g/mol. The van der Waals surface area contributed by atoms with Gasteiger partial charge in [-0.2, -0.15) is 0 Å². The number of aromatic amines is 1. The molecule has 5 nitrogen and oxygen atoms in total. The van der Waals surface area contributed by atoms with Crippen LogP contribution in [0, 0.1) is 0 Å². The number of hydrogen-bond donors (Lipinski definition) is 3. The molecule has 84 valence electrons. The minimum Gasteiger partial charge on any atom is -0.396 e. The molecule has 0 spiro atoms. The normalized spacial score (nSPS) is 10.2. The van der Waals surface area contributed by atoms with E-state index >= 15 is 0 Å². The molecule has 1 rings (SSSR count). The van der Waals surface area contributed by atoms with Crippen molar-refractivity contribution in [2.75, 3.05) is 13.2 Å². The third kappa shape index (κ3) is 5.17. The lowest BCUT2D eigenvalue weighted by molar-refractivity contribution is -0.121. The fourth-order valence-corrected chi connectivity index (χ4v) is 1.25. The average molecular weight is 211 g/mol. The third-order valence-corrected chi connectivity index (χ3v) is 2.03. The topological polar surface area (TPSA) is 78.0 Å². The van der Waals surface area contributed by atoms with Crippen LogP contribution in [0.3, 0.4) is 0 Å². The largest absolute Gasteiger partial charge is 0.396 e. The molecular formula is C10H17N3O2. The summed E-state index contributed by atoms with van der Waals surface area (Å²) in [7, 11) is 0. The molecule has 0 aromatic carbocycles. The number of aryl methyl sites for hydroxylation is 1. The lowest BCUT2D eigenvalue weighted by atomic mass is 10.2. The lowest BCUT2D eigenvalue weighted by Crippen LogP contribution is -2.24. The van der Waals surface area contributed by atoms with E-state index in [0.29, 0.717) is 19.4 Å². The Morgan fingerprint density at radius 2 is 2.40 bits per heavy atom. The molecule has 0 aliphatic heterocycles. The Balaban J connectivity index is 1.99. The molecule has 1 heterocycles. The molecule has 1 aromatic rings. The van der Waals surface area contributed by atoms with Crippen molar-refractivity contribution in [3.63, 3.8) is 0 Å². The first-order valence-electron chi connectivity index (χ1n) is 5.18. The van der Waals surface area contributed by atoms with Crippen LogP contribution in [0.25, 0.3) is 0 Å². The number of amides is 1. The van der Waals surface area contributed by atoms with Crippen molar-refractivity contribution >= 4 is 5.91 Å². The molecule has 1 aromatic heterocycles. The van der Waals surface area contributed by atoms with E-state index in [2.05, 4.69) is 15.3 Å². The molecule has 0 aliphatic rings. The van der Waals surface area contributed by atoms with Crippen LogP contribution in [0.4, 0.5) is 0 Å². The number of aliphatic hydroxyl groups is 1. The number of imidazole rings is 1. The standard InChI is InChI=1S/C10H17N3O2/c14-8-2-4-10(15)13-5-1-3-9-11-6-7-12-9/h6-7,14H,1-5,8H2,(H,11,12)(H,13,15). The van der Waals surface area contributed by atoms with Gasteiger partial charge in [-0.05, 0) is 12.8 Å². The molecule has 5 heteroatoms.